The summed E-state index contributed by atoms with van der Waals surface area (Å²) in [7, 11) is 2.04. The van der Waals surface area contributed by atoms with Gasteiger partial charge >= 0.3 is 0 Å². The number of fused-ring (bicyclic) bond motifs is 1. The van der Waals surface area contributed by atoms with Gasteiger partial charge in [-0.2, -0.15) is 5.10 Å². The van der Waals surface area contributed by atoms with Crippen LogP contribution in [0.25, 0.3) is 10.9 Å². The van der Waals surface area contributed by atoms with Crippen LogP contribution in [0, 0.1) is 5.92 Å². The zero-order chi connectivity index (χ0) is 13.2. The highest BCUT2D eigenvalue weighted by Crippen LogP contribution is 2.24. The molecule has 102 valence electrons. The van der Waals surface area contributed by atoms with Crippen LogP contribution in [0.5, 0.6) is 0 Å². The van der Waals surface area contributed by atoms with Crippen molar-refractivity contribution in [3.05, 3.63) is 30.0 Å². The number of nitrogens with zero attached hydrogens (tertiary/aromatic N) is 2. The van der Waals surface area contributed by atoms with Crippen LogP contribution < -0.4 is 5.32 Å². The van der Waals surface area contributed by atoms with Gasteiger partial charge in [-0.3, -0.25) is 4.68 Å². The first-order chi connectivity index (χ1) is 9.28. The highest BCUT2D eigenvalue weighted by molar-refractivity contribution is 5.81. The average Bonchev–Trinajstić information content (AvgIpc) is 2.76. The zero-order valence-corrected chi connectivity index (χ0v) is 11.9. The summed E-state index contributed by atoms with van der Waals surface area (Å²) in [6, 6.07) is 9.13. The second kappa shape index (κ2) is 5.33. The number of benzene rings is 1. The summed E-state index contributed by atoms with van der Waals surface area (Å²) >= 11 is 0. The van der Waals surface area contributed by atoms with Crippen molar-refractivity contribution in [2.75, 3.05) is 6.54 Å². The quantitative estimate of drug-likeness (QED) is 0.916. The average molecular weight is 257 g/mol. The maximum atomic E-state index is 4.71. The van der Waals surface area contributed by atoms with Gasteiger partial charge in [0.05, 0.1) is 11.2 Å². The summed E-state index contributed by atoms with van der Waals surface area (Å²) in [5.74, 6) is 0.890. The summed E-state index contributed by atoms with van der Waals surface area (Å²) in [6.45, 7) is 3.47. The number of aromatic nitrogens is 2. The van der Waals surface area contributed by atoms with Gasteiger partial charge in [0.25, 0.3) is 0 Å². The zero-order valence-electron chi connectivity index (χ0n) is 11.9. The second-order valence-corrected chi connectivity index (χ2v) is 5.74. The molecule has 0 amide bonds. The number of piperidine rings is 1. The molecule has 1 aromatic heterocycles. The van der Waals surface area contributed by atoms with E-state index in [1.165, 1.54) is 35.9 Å². The van der Waals surface area contributed by atoms with Crippen LogP contribution in [0.15, 0.2) is 24.3 Å². The molecule has 0 bridgehead atoms. The molecule has 3 nitrogen and oxygen atoms in total. The number of para-hydroxylation sites is 1. The maximum absolute atomic E-state index is 4.71. The van der Waals surface area contributed by atoms with Gasteiger partial charge in [0.2, 0.25) is 0 Å². The Labute approximate surface area is 115 Å². The van der Waals surface area contributed by atoms with Gasteiger partial charge in [0.1, 0.15) is 0 Å². The molecule has 0 saturated carbocycles. The molecular weight excluding hydrogens is 234 g/mol. The number of aryl methyl sites for hydroxylation is 1. The molecule has 0 aliphatic carbocycles. The molecule has 3 rings (SSSR count). The lowest BCUT2D eigenvalue weighted by atomic mass is 9.88. The number of rotatable bonds is 3. The third kappa shape index (κ3) is 2.52. The van der Waals surface area contributed by atoms with Crippen LogP contribution in [0.2, 0.25) is 0 Å². The SMILES string of the molecule is CCC1CCNC(Cc2nn(C)c3ccccc23)C1. The smallest absolute Gasteiger partial charge is 0.0718 e. The Morgan fingerprint density at radius 1 is 1.37 bits per heavy atom. The maximum Gasteiger partial charge on any atom is 0.0718 e. The van der Waals surface area contributed by atoms with Crippen molar-refractivity contribution in [2.45, 2.75) is 38.6 Å². The molecule has 0 radical (unpaired) electrons. The first-order valence-corrected chi connectivity index (χ1v) is 7.42. The van der Waals surface area contributed by atoms with Crippen molar-refractivity contribution in [1.29, 1.82) is 0 Å². The van der Waals surface area contributed by atoms with Gasteiger partial charge < -0.3 is 5.32 Å². The third-order valence-electron chi connectivity index (χ3n) is 4.45. The van der Waals surface area contributed by atoms with Gasteiger partial charge in [-0.1, -0.05) is 31.5 Å². The van der Waals surface area contributed by atoms with E-state index < -0.39 is 0 Å². The molecule has 2 atom stereocenters. The standard InChI is InChI=1S/C16H23N3/c1-3-12-8-9-17-13(10-12)11-15-14-6-4-5-7-16(14)19(2)18-15/h4-7,12-13,17H,3,8-11H2,1-2H3. The Balaban J connectivity index is 1.81. The van der Waals surface area contributed by atoms with Crippen molar-refractivity contribution in [2.24, 2.45) is 13.0 Å². The molecule has 1 N–H and O–H groups in total. The van der Waals surface area contributed by atoms with Gasteiger partial charge in [-0.15, -0.1) is 0 Å². The molecule has 1 aliphatic rings. The Morgan fingerprint density at radius 3 is 3.05 bits per heavy atom. The summed E-state index contributed by atoms with van der Waals surface area (Å²) in [4.78, 5) is 0. The van der Waals surface area contributed by atoms with E-state index in [1.807, 2.05) is 11.7 Å². The lowest BCUT2D eigenvalue weighted by molar-refractivity contribution is 0.293. The molecule has 3 heteroatoms. The molecular formula is C16H23N3. The van der Waals surface area contributed by atoms with Crippen molar-refractivity contribution in [3.8, 4) is 0 Å². The van der Waals surface area contributed by atoms with Crippen molar-refractivity contribution < 1.29 is 0 Å². The fourth-order valence-electron chi connectivity index (χ4n) is 3.29. The van der Waals surface area contributed by atoms with Crippen LogP contribution in [-0.2, 0) is 13.5 Å². The van der Waals surface area contributed by atoms with Crippen LogP contribution in [-0.4, -0.2) is 22.4 Å². The monoisotopic (exact) mass is 257 g/mol. The molecule has 1 aliphatic heterocycles. The molecule has 2 unspecified atom stereocenters. The van der Waals surface area contributed by atoms with Crippen molar-refractivity contribution in [3.63, 3.8) is 0 Å². The fraction of sp³-hybridized carbons (Fsp3) is 0.562. The topological polar surface area (TPSA) is 29.9 Å². The number of hydrogen-bond acceptors (Lipinski definition) is 2. The Bertz CT molecular complexity index is 558. The Morgan fingerprint density at radius 2 is 2.21 bits per heavy atom. The lowest BCUT2D eigenvalue weighted by Gasteiger charge is -2.29. The van der Waals surface area contributed by atoms with Crippen LogP contribution in [0.4, 0.5) is 0 Å². The van der Waals surface area contributed by atoms with E-state index in [1.54, 1.807) is 0 Å². The molecule has 19 heavy (non-hydrogen) atoms. The van der Waals surface area contributed by atoms with Gasteiger partial charge in [0.15, 0.2) is 0 Å². The van der Waals surface area contributed by atoms with E-state index in [2.05, 4.69) is 36.5 Å². The first-order valence-electron chi connectivity index (χ1n) is 7.42. The van der Waals surface area contributed by atoms with Crippen LogP contribution >= 0.6 is 0 Å². The van der Waals surface area contributed by atoms with Crippen LogP contribution in [0.1, 0.15) is 31.9 Å². The minimum Gasteiger partial charge on any atom is -0.314 e. The summed E-state index contributed by atoms with van der Waals surface area (Å²) in [6.07, 6.45) is 4.98. The van der Waals surface area contributed by atoms with Gasteiger partial charge in [0, 0.05) is 24.9 Å². The van der Waals surface area contributed by atoms with E-state index in [-0.39, 0.29) is 0 Å². The predicted octanol–water partition coefficient (Wildman–Crippen LogP) is 2.89. The molecule has 2 aromatic rings. The van der Waals surface area contributed by atoms with Crippen molar-refractivity contribution >= 4 is 10.9 Å². The fourth-order valence-corrected chi connectivity index (χ4v) is 3.29. The molecule has 2 heterocycles. The highest BCUT2D eigenvalue weighted by atomic mass is 15.3. The number of hydrogen-bond donors (Lipinski definition) is 1. The molecule has 0 spiro atoms. The van der Waals surface area contributed by atoms with Crippen LogP contribution in [0.3, 0.4) is 0 Å². The van der Waals surface area contributed by atoms with Crippen molar-refractivity contribution in [1.82, 2.24) is 15.1 Å². The third-order valence-corrected chi connectivity index (χ3v) is 4.45. The lowest BCUT2D eigenvalue weighted by Crippen LogP contribution is -2.39. The summed E-state index contributed by atoms with van der Waals surface area (Å²) in [5, 5.41) is 9.68. The Hall–Kier alpha value is -1.35. The predicted molar refractivity (Wildman–Crippen MR) is 79.2 cm³/mol. The van der Waals surface area contributed by atoms with E-state index in [0.29, 0.717) is 6.04 Å². The second-order valence-electron chi connectivity index (χ2n) is 5.74. The minimum absolute atomic E-state index is 0.594. The van der Waals surface area contributed by atoms with E-state index in [0.717, 1.165) is 18.9 Å². The minimum atomic E-state index is 0.594. The molecule has 1 aromatic carbocycles. The highest BCUT2D eigenvalue weighted by Gasteiger charge is 2.22. The van der Waals surface area contributed by atoms with E-state index >= 15 is 0 Å². The van der Waals surface area contributed by atoms with Gasteiger partial charge in [-0.05, 0) is 31.4 Å². The van der Waals surface area contributed by atoms with Gasteiger partial charge in [-0.25, -0.2) is 0 Å². The first kappa shape index (κ1) is 12.7. The number of nitrogens with one attached hydrogen (secondary N) is 1. The Kier molecular flexibility index (Phi) is 3.56. The summed E-state index contributed by atoms with van der Waals surface area (Å²) < 4.78 is 2.00. The van der Waals surface area contributed by atoms with E-state index in [4.69, 9.17) is 5.10 Å². The molecule has 1 fully saturated rings. The summed E-state index contributed by atoms with van der Waals surface area (Å²) in [5.41, 5.74) is 2.48. The normalized spacial score (nSPS) is 23.9. The molecule has 1 saturated heterocycles. The largest absolute Gasteiger partial charge is 0.314 e. The van der Waals surface area contributed by atoms with E-state index in [9.17, 15) is 0 Å².